The summed E-state index contributed by atoms with van der Waals surface area (Å²) < 4.78 is 1.95. The maximum Gasteiger partial charge on any atom is 0.331 e. The van der Waals surface area contributed by atoms with Gasteiger partial charge in [0.25, 0.3) is 0 Å². The lowest BCUT2D eigenvalue weighted by molar-refractivity contribution is -0.132. The number of nitrogens with zero attached hydrogens (tertiary/aromatic N) is 1. The summed E-state index contributed by atoms with van der Waals surface area (Å²) in [6, 6.07) is 7.80. The fourth-order valence-electron chi connectivity index (χ4n) is 1.94. The Morgan fingerprint density at radius 3 is 2.83 bits per heavy atom. The van der Waals surface area contributed by atoms with Crippen molar-refractivity contribution in [2.45, 2.75) is 19.9 Å². The van der Waals surface area contributed by atoms with Crippen molar-refractivity contribution in [3.05, 3.63) is 47.1 Å². The van der Waals surface area contributed by atoms with E-state index in [9.17, 15) is 4.79 Å². The molecule has 0 aliphatic carbocycles. The molecule has 0 unspecified atom stereocenters. The minimum atomic E-state index is -0.861. The number of aromatic nitrogens is 1. The Morgan fingerprint density at radius 1 is 1.44 bits per heavy atom. The monoisotopic (exact) mass is 263 g/mol. The average molecular weight is 264 g/mol. The Balaban J connectivity index is 2.35. The van der Waals surface area contributed by atoms with Gasteiger partial charge in [-0.2, -0.15) is 0 Å². The second-order valence-corrected chi connectivity index (χ2v) is 4.44. The summed E-state index contributed by atoms with van der Waals surface area (Å²) in [5.41, 5.74) is 1.43. The number of carbonyl (C=O) groups is 1. The summed E-state index contributed by atoms with van der Waals surface area (Å²) in [5.74, 6) is -0.861. The number of fused-ring (bicyclic) bond motifs is 1. The molecule has 2 rings (SSSR count). The van der Waals surface area contributed by atoms with Gasteiger partial charge in [0.1, 0.15) is 0 Å². The molecule has 0 amide bonds. The van der Waals surface area contributed by atoms with E-state index >= 15 is 0 Å². The highest BCUT2D eigenvalue weighted by molar-refractivity contribution is 6.35. The predicted octanol–water partition coefficient (Wildman–Crippen LogP) is 3.72. The van der Waals surface area contributed by atoms with Gasteiger partial charge in [-0.3, -0.25) is 0 Å². The third-order valence-electron chi connectivity index (χ3n) is 2.93. The third kappa shape index (κ3) is 2.41. The molecule has 1 aromatic carbocycles. The molecule has 4 heteroatoms. The van der Waals surface area contributed by atoms with Gasteiger partial charge in [0.15, 0.2) is 0 Å². The number of carboxylic acid groups (broad SMARTS) is 1. The van der Waals surface area contributed by atoms with E-state index in [1.807, 2.05) is 42.0 Å². The molecule has 18 heavy (non-hydrogen) atoms. The van der Waals surface area contributed by atoms with Crippen LogP contribution in [0.3, 0.4) is 0 Å². The van der Waals surface area contributed by atoms with Crippen LogP contribution < -0.4 is 0 Å². The molecule has 0 atom stereocenters. The van der Waals surface area contributed by atoms with Crippen LogP contribution in [0.15, 0.2) is 42.1 Å². The standard InChI is InChI=1S/C14H14ClNO2/c1-2-10(14(17)18)7-8-16-9-12(15)11-5-3-4-6-13(11)16/h3-7,9H,2,8H2,1H3,(H,17,18). The van der Waals surface area contributed by atoms with E-state index in [0.717, 1.165) is 10.9 Å². The molecule has 3 nitrogen and oxygen atoms in total. The van der Waals surface area contributed by atoms with Crippen molar-refractivity contribution in [2.75, 3.05) is 0 Å². The van der Waals surface area contributed by atoms with Gasteiger partial charge in [-0.15, -0.1) is 0 Å². The first-order valence-electron chi connectivity index (χ1n) is 5.79. The van der Waals surface area contributed by atoms with E-state index < -0.39 is 5.97 Å². The quantitative estimate of drug-likeness (QED) is 0.855. The minimum Gasteiger partial charge on any atom is -0.478 e. The molecule has 0 spiro atoms. The van der Waals surface area contributed by atoms with Crippen molar-refractivity contribution < 1.29 is 9.90 Å². The first-order valence-corrected chi connectivity index (χ1v) is 6.17. The van der Waals surface area contributed by atoms with Crippen LogP contribution in [0, 0.1) is 0 Å². The molecule has 2 aromatic rings. The molecular weight excluding hydrogens is 250 g/mol. The van der Waals surface area contributed by atoms with E-state index in [1.165, 1.54) is 0 Å². The first kappa shape index (κ1) is 12.7. The van der Waals surface area contributed by atoms with Gasteiger partial charge in [0, 0.05) is 29.2 Å². The summed E-state index contributed by atoms with van der Waals surface area (Å²) in [4.78, 5) is 10.9. The van der Waals surface area contributed by atoms with Gasteiger partial charge in [-0.05, 0) is 12.5 Å². The van der Waals surface area contributed by atoms with Crippen molar-refractivity contribution in [1.82, 2.24) is 4.57 Å². The summed E-state index contributed by atoms with van der Waals surface area (Å²) >= 11 is 6.13. The fourth-order valence-corrected chi connectivity index (χ4v) is 2.22. The Hall–Kier alpha value is -1.74. The van der Waals surface area contributed by atoms with Crippen LogP contribution in [0.25, 0.3) is 10.9 Å². The lowest BCUT2D eigenvalue weighted by Crippen LogP contribution is -2.02. The Kier molecular flexibility index (Phi) is 3.72. The van der Waals surface area contributed by atoms with Crippen molar-refractivity contribution in [2.24, 2.45) is 0 Å². The molecule has 0 saturated carbocycles. The molecule has 94 valence electrons. The molecule has 1 heterocycles. The maximum atomic E-state index is 10.9. The van der Waals surface area contributed by atoms with Crippen molar-refractivity contribution in [3.8, 4) is 0 Å². The summed E-state index contributed by atoms with van der Waals surface area (Å²) in [7, 11) is 0. The van der Waals surface area contributed by atoms with Crippen molar-refractivity contribution in [1.29, 1.82) is 0 Å². The number of para-hydroxylation sites is 1. The van der Waals surface area contributed by atoms with E-state index in [-0.39, 0.29) is 0 Å². The molecule has 0 fully saturated rings. The van der Waals surface area contributed by atoms with Gasteiger partial charge in [0.05, 0.1) is 5.02 Å². The molecule has 0 saturated heterocycles. The van der Waals surface area contributed by atoms with E-state index in [1.54, 1.807) is 6.08 Å². The zero-order chi connectivity index (χ0) is 13.1. The topological polar surface area (TPSA) is 42.2 Å². The fraction of sp³-hybridized carbons (Fsp3) is 0.214. The number of rotatable bonds is 4. The lowest BCUT2D eigenvalue weighted by Gasteiger charge is -2.02. The van der Waals surface area contributed by atoms with Crippen LogP contribution in [-0.4, -0.2) is 15.6 Å². The number of allylic oxidation sites excluding steroid dienone is 1. The Labute approximate surface area is 110 Å². The number of benzene rings is 1. The zero-order valence-electron chi connectivity index (χ0n) is 10.1. The molecular formula is C14H14ClNO2. The minimum absolute atomic E-state index is 0.420. The highest BCUT2D eigenvalue weighted by atomic mass is 35.5. The molecule has 0 aliphatic heterocycles. The molecule has 0 bridgehead atoms. The number of carboxylic acids is 1. The number of aliphatic carboxylic acids is 1. The Morgan fingerprint density at radius 2 is 2.17 bits per heavy atom. The predicted molar refractivity (Wildman–Crippen MR) is 73.0 cm³/mol. The normalized spacial score (nSPS) is 12.0. The summed E-state index contributed by atoms with van der Waals surface area (Å²) in [6.45, 7) is 2.35. The molecule has 1 N–H and O–H groups in total. The summed E-state index contributed by atoms with van der Waals surface area (Å²) in [5, 5.41) is 10.6. The van der Waals surface area contributed by atoms with Gasteiger partial charge >= 0.3 is 5.97 Å². The molecule has 1 aromatic heterocycles. The van der Waals surface area contributed by atoms with E-state index in [4.69, 9.17) is 16.7 Å². The van der Waals surface area contributed by atoms with Gasteiger partial charge < -0.3 is 9.67 Å². The zero-order valence-corrected chi connectivity index (χ0v) is 10.8. The second kappa shape index (κ2) is 5.27. The van der Waals surface area contributed by atoms with E-state index in [2.05, 4.69) is 0 Å². The van der Waals surface area contributed by atoms with Gasteiger partial charge in [-0.25, -0.2) is 4.79 Å². The largest absolute Gasteiger partial charge is 0.478 e. The number of hydrogen-bond acceptors (Lipinski definition) is 1. The van der Waals surface area contributed by atoms with Crippen LogP contribution in [-0.2, 0) is 11.3 Å². The SMILES string of the molecule is CCC(=CCn1cc(Cl)c2ccccc21)C(=O)O. The highest BCUT2D eigenvalue weighted by Gasteiger charge is 2.07. The van der Waals surface area contributed by atoms with Gasteiger partial charge in [-0.1, -0.05) is 42.8 Å². The highest BCUT2D eigenvalue weighted by Crippen LogP contribution is 2.25. The van der Waals surface area contributed by atoms with Crippen LogP contribution in [0.2, 0.25) is 5.02 Å². The second-order valence-electron chi connectivity index (χ2n) is 4.03. The van der Waals surface area contributed by atoms with Crippen molar-refractivity contribution >= 4 is 28.5 Å². The van der Waals surface area contributed by atoms with Crippen LogP contribution in [0.1, 0.15) is 13.3 Å². The van der Waals surface area contributed by atoms with E-state index in [0.29, 0.717) is 23.6 Å². The average Bonchev–Trinajstić information content (AvgIpc) is 2.68. The van der Waals surface area contributed by atoms with Crippen molar-refractivity contribution in [3.63, 3.8) is 0 Å². The number of hydrogen-bond donors (Lipinski definition) is 1. The van der Waals surface area contributed by atoms with Crippen LogP contribution in [0.5, 0.6) is 0 Å². The van der Waals surface area contributed by atoms with Crippen LogP contribution >= 0.6 is 11.6 Å². The van der Waals surface area contributed by atoms with Crippen LogP contribution in [0.4, 0.5) is 0 Å². The Bertz CT molecular complexity index is 613. The third-order valence-corrected chi connectivity index (χ3v) is 3.23. The maximum absolute atomic E-state index is 10.9. The first-order chi connectivity index (χ1) is 8.63. The molecule has 0 aliphatic rings. The lowest BCUT2D eigenvalue weighted by atomic mass is 10.2. The van der Waals surface area contributed by atoms with Gasteiger partial charge in [0.2, 0.25) is 0 Å². The number of halogens is 1. The molecule has 0 radical (unpaired) electrons. The summed E-state index contributed by atoms with van der Waals surface area (Å²) in [6.07, 6.45) is 4.07. The smallest absolute Gasteiger partial charge is 0.331 e.